The standard InChI is InChI=1S/C22H26N2O3/c1-2-23-21(26)22(14-6-7-15-22)24-20(25)18-10-12-19(13-11-18)27-16-17-8-4-3-5-9-17/h3-5,8-13H,2,6-7,14-16H2,1H3,(H,23,26)(H,24,25). The quantitative estimate of drug-likeness (QED) is 0.789. The molecule has 2 aromatic rings. The number of likely N-dealkylation sites (N-methyl/N-ethyl adjacent to an activating group) is 1. The van der Waals surface area contributed by atoms with Crippen LogP contribution < -0.4 is 15.4 Å². The summed E-state index contributed by atoms with van der Waals surface area (Å²) < 4.78 is 5.75. The molecule has 0 bridgehead atoms. The summed E-state index contributed by atoms with van der Waals surface area (Å²) in [6.45, 7) is 2.92. The Morgan fingerprint density at radius 1 is 1.00 bits per heavy atom. The minimum absolute atomic E-state index is 0.0846. The molecule has 5 nitrogen and oxygen atoms in total. The lowest BCUT2D eigenvalue weighted by Crippen LogP contribution is -2.57. The van der Waals surface area contributed by atoms with Gasteiger partial charge in [0.25, 0.3) is 5.91 Å². The van der Waals surface area contributed by atoms with Crippen LogP contribution in [0.5, 0.6) is 5.75 Å². The van der Waals surface area contributed by atoms with Crippen LogP contribution in [0, 0.1) is 0 Å². The third-order valence-corrected chi connectivity index (χ3v) is 4.95. The van der Waals surface area contributed by atoms with Crippen molar-refractivity contribution in [1.82, 2.24) is 10.6 Å². The summed E-state index contributed by atoms with van der Waals surface area (Å²) in [5.41, 5.74) is 0.831. The van der Waals surface area contributed by atoms with Crippen LogP contribution in [0.3, 0.4) is 0 Å². The normalized spacial score (nSPS) is 15.1. The second kappa shape index (κ2) is 8.71. The van der Waals surface area contributed by atoms with E-state index in [9.17, 15) is 9.59 Å². The van der Waals surface area contributed by atoms with Gasteiger partial charge in [0.1, 0.15) is 17.9 Å². The van der Waals surface area contributed by atoms with Crippen molar-refractivity contribution in [1.29, 1.82) is 0 Å². The van der Waals surface area contributed by atoms with Crippen LogP contribution in [0.15, 0.2) is 54.6 Å². The summed E-state index contributed by atoms with van der Waals surface area (Å²) in [5.74, 6) is 0.395. The maximum absolute atomic E-state index is 12.7. The monoisotopic (exact) mass is 366 g/mol. The van der Waals surface area contributed by atoms with Crippen LogP contribution in [0.25, 0.3) is 0 Å². The number of hydrogen-bond acceptors (Lipinski definition) is 3. The second-order valence-electron chi connectivity index (χ2n) is 6.90. The highest BCUT2D eigenvalue weighted by atomic mass is 16.5. The van der Waals surface area contributed by atoms with Gasteiger partial charge in [0, 0.05) is 12.1 Å². The Bertz CT molecular complexity index is 766. The van der Waals surface area contributed by atoms with Gasteiger partial charge in [-0.3, -0.25) is 9.59 Å². The first-order valence-electron chi connectivity index (χ1n) is 9.50. The molecule has 2 aromatic carbocycles. The van der Waals surface area contributed by atoms with Crippen molar-refractivity contribution in [3.05, 3.63) is 65.7 Å². The fraction of sp³-hybridized carbons (Fsp3) is 0.364. The van der Waals surface area contributed by atoms with E-state index in [4.69, 9.17) is 4.74 Å². The molecular weight excluding hydrogens is 340 g/mol. The van der Waals surface area contributed by atoms with Crippen molar-refractivity contribution < 1.29 is 14.3 Å². The molecule has 1 saturated carbocycles. The molecule has 5 heteroatoms. The van der Waals surface area contributed by atoms with Gasteiger partial charge in [-0.1, -0.05) is 43.2 Å². The van der Waals surface area contributed by atoms with E-state index in [0.29, 0.717) is 37.3 Å². The average Bonchev–Trinajstić information content (AvgIpc) is 3.17. The highest BCUT2D eigenvalue weighted by Gasteiger charge is 2.42. The third kappa shape index (κ3) is 4.67. The Kier molecular flexibility index (Phi) is 6.12. The fourth-order valence-corrected chi connectivity index (χ4v) is 3.45. The lowest BCUT2D eigenvalue weighted by Gasteiger charge is -2.28. The number of ether oxygens (including phenoxy) is 1. The summed E-state index contributed by atoms with van der Waals surface area (Å²) in [6.07, 6.45) is 3.26. The summed E-state index contributed by atoms with van der Waals surface area (Å²) in [7, 11) is 0. The van der Waals surface area contributed by atoms with E-state index in [1.165, 1.54) is 0 Å². The van der Waals surface area contributed by atoms with Gasteiger partial charge in [0.15, 0.2) is 0 Å². The van der Waals surface area contributed by atoms with Gasteiger partial charge in [-0.2, -0.15) is 0 Å². The first-order chi connectivity index (χ1) is 13.1. The molecule has 27 heavy (non-hydrogen) atoms. The van der Waals surface area contributed by atoms with E-state index in [1.807, 2.05) is 37.3 Å². The summed E-state index contributed by atoms with van der Waals surface area (Å²) in [4.78, 5) is 25.1. The van der Waals surface area contributed by atoms with Crippen molar-refractivity contribution in [2.45, 2.75) is 44.8 Å². The molecule has 0 aliphatic heterocycles. The Balaban J connectivity index is 1.62. The smallest absolute Gasteiger partial charge is 0.252 e. The van der Waals surface area contributed by atoms with Crippen molar-refractivity contribution in [2.75, 3.05) is 6.54 Å². The SMILES string of the molecule is CCNC(=O)C1(NC(=O)c2ccc(OCc3ccccc3)cc2)CCCC1. The molecule has 1 fully saturated rings. The van der Waals surface area contributed by atoms with Crippen LogP contribution in [0.4, 0.5) is 0 Å². The first kappa shape index (κ1) is 19.0. The largest absolute Gasteiger partial charge is 0.489 e. The minimum atomic E-state index is -0.782. The lowest BCUT2D eigenvalue weighted by atomic mass is 9.95. The van der Waals surface area contributed by atoms with Crippen LogP contribution in [-0.4, -0.2) is 23.9 Å². The van der Waals surface area contributed by atoms with Crippen molar-refractivity contribution >= 4 is 11.8 Å². The first-order valence-corrected chi connectivity index (χ1v) is 9.50. The Labute approximate surface area is 160 Å². The maximum Gasteiger partial charge on any atom is 0.252 e. The Morgan fingerprint density at radius 3 is 2.30 bits per heavy atom. The number of rotatable bonds is 7. The summed E-state index contributed by atoms with van der Waals surface area (Å²) in [6, 6.07) is 16.9. The van der Waals surface area contributed by atoms with Crippen LogP contribution in [0.1, 0.15) is 48.5 Å². The van der Waals surface area contributed by atoms with Gasteiger partial charge in [-0.05, 0) is 49.6 Å². The van der Waals surface area contributed by atoms with E-state index in [-0.39, 0.29) is 11.8 Å². The number of nitrogens with one attached hydrogen (secondary N) is 2. The molecule has 2 amide bonds. The topological polar surface area (TPSA) is 67.4 Å². The van der Waals surface area contributed by atoms with E-state index < -0.39 is 5.54 Å². The van der Waals surface area contributed by atoms with Gasteiger partial charge in [0.05, 0.1) is 0 Å². The van der Waals surface area contributed by atoms with E-state index in [2.05, 4.69) is 10.6 Å². The van der Waals surface area contributed by atoms with Crippen molar-refractivity contribution in [3.63, 3.8) is 0 Å². The highest BCUT2D eigenvalue weighted by molar-refractivity contribution is 5.99. The highest BCUT2D eigenvalue weighted by Crippen LogP contribution is 2.30. The number of carbonyl (C=O) groups excluding carboxylic acids is 2. The van der Waals surface area contributed by atoms with Crippen LogP contribution in [0.2, 0.25) is 0 Å². The molecule has 1 aliphatic rings. The zero-order valence-corrected chi connectivity index (χ0v) is 15.7. The predicted molar refractivity (Wildman–Crippen MR) is 105 cm³/mol. The van der Waals surface area contributed by atoms with Crippen LogP contribution >= 0.6 is 0 Å². The zero-order chi connectivity index (χ0) is 19.1. The molecule has 2 N–H and O–H groups in total. The molecule has 0 aromatic heterocycles. The minimum Gasteiger partial charge on any atom is -0.489 e. The van der Waals surface area contributed by atoms with Gasteiger partial charge >= 0.3 is 0 Å². The third-order valence-electron chi connectivity index (χ3n) is 4.95. The molecular formula is C22H26N2O3. The number of carbonyl (C=O) groups is 2. The van der Waals surface area contributed by atoms with Gasteiger partial charge < -0.3 is 15.4 Å². The maximum atomic E-state index is 12.7. The molecule has 0 unspecified atom stereocenters. The molecule has 0 atom stereocenters. The molecule has 0 heterocycles. The molecule has 0 spiro atoms. The predicted octanol–water partition coefficient (Wildman–Crippen LogP) is 3.44. The average molecular weight is 366 g/mol. The van der Waals surface area contributed by atoms with E-state index >= 15 is 0 Å². The van der Waals surface area contributed by atoms with Crippen LogP contribution in [-0.2, 0) is 11.4 Å². The van der Waals surface area contributed by atoms with Gasteiger partial charge in [0.2, 0.25) is 5.91 Å². The lowest BCUT2D eigenvalue weighted by molar-refractivity contribution is -0.127. The van der Waals surface area contributed by atoms with Gasteiger partial charge in [-0.15, -0.1) is 0 Å². The van der Waals surface area contributed by atoms with Crippen molar-refractivity contribution in [3.8, 4) is 5.75 Å². The Morgan fingerprint density at radius 2 is 1.67 bits per heavy atom. The summed E-state index contributed by atoms with van der Waals surface area (Å²) in [5, 5.41) is 5.83. The van der Waals surface area contributed by atoms with E-state index in [0.717, 1.165) is 18.4 Å². The molecule has 1 aliphatic carbocycles. The number of benzene rings is 2. The zero-order valence-electron chi connectivity index (χ0n) is 15.7. The Hall–Kier alpha value is -2.82. The number of hydrogen-bond donors (Lipinski definition) is 2. The molecule has 3 rings (SSSR count). The molecule has 0 radical (unpaired) electrons. The second-order valence-corrected chi connectivity index (χ2v) is 6.90. The van der Waals surface area contributed by atoms with Gasteiger partial charge in [-0.25, -0.2) is 0 Å². The fourth-order valence-electron chi connectivity index (χ4n) is 3.45. The molecule has 0 saturated heterocycles. The number of amides is 2. The van der Waals surface area contributed by atoms with E-state index in [1.54, 1.807) is 24.3 Å². The van der Waals surface area contributed by atoms with Crippen molar-refractivity contribution in [2.24, 2.45) is 0 Å². The molecule has 142 valence electrons. The summed E-state index contributed by atoms with van der Waals surface area (Å²) >= 11 is 0.